The first-order valence-corrected chi connectivity index (χ1v) is 10.2. The minimum absolute atomic E-state index is 0.0544. The van der Waals surface area contributed by atoms with Gasteiger partial charge in [-0.05, 0) is 55.2 Å². The SMILES string of the molecule is C=Cc1cc(C(=O)NCC2CC23CCN(C(=O)c2cnccc2C)CC3)oc1C=N. The molecule has 4 rings (SSSR count). The number of piperidine rings is 1. The summed E-state index contributed by atoms with van der Waals surface area (Å²) < 4.78 is 5.42. The first kappa shape index (κ1) is 20.1. The Balaban J connectivity index is 1.29. The number of aromatic nitrogens is 1. The van der Waals surface area contributed by atoms with E-state index in [9.17, 15) is 9.59 Å². The van der Waals surface area contributed by atoms with E-state index in [-0.39, 0.29) is 23.0 Å². The minimum Gasteiger partial charge on any atom is -0.449 e. The second kappa shape index (κ2) is 7.89. The summed E-state index contributed by atoms with van der Waals surface area (Å²) in [5, 5.41) is 10.3. The van der Waals surface area contributed by atoms with Crippen molar-refractivity contribution in [3.8, 4) is 0 Å². The van der Waals surface area contributed by atoms with Crippen LogP contribution in [0.3, 0.4) is 0 Å². The van der Waals surface area contributed by atoms with E-state index < -0.39 is 0 Å². The van der Waals surface area contributed by atoms with Gasteiger partial charge in [0.1, 0.15) is 0 Å². The van der Waals surface area contributed by atoms with Gasteiger partial charge in [-0.25, -0.2) is 0 Å². The molecule has 1 atom stereocenters. The largest absolute Gasteiger partial charge is 0.449 e. The first-order chi connectivity index (χ1) is 14.5. The molecule has 2 aromatic heterocycles. The van der Waals surface area contributed by atoms with Crippen molar-refractivity contribution in [2.24, 2.45) is 11.3 Å². The summed E-state index contributed by atoms with van der Waals surface area (Å²) in [5.74, 6) is 0.742. The number of pyridine rings is 1. The Morgan fingerprint density at radius 2 is 2.20 bits per heavy atom. The third-order valence-electron chi connectivity index (χ3n) is 6.55. The fourth-order valence-electron chi connectivity index (χ4n) is 4.45. The molecule has 2 fully saturated rings. The van der Waals surface area contributed by atoms with Gasteiger partial charge < -0.3 is 20.0 Å². The molecule has 1 aliphatic carbocycles. The zero-order valence-electron chi connectivity index (χ0n) is 17.1. The maximum atomic E-state index is 12.8. The van der Waals surface area contributed by atoms with Crippen molar-refractivity contribution in [1.29, 1.82) is 5.41 Å². The normalized spacial score (nSPS) is 19.4. The van der Waals surface area contributed by atoms with Gasteiger partial charge in [-0.3, -0.25) is 14.6 Å². The Morgan fingerprint density at radius 3 is 2.83 bits per heavy atom. The van der Waals surface area contributed by atoms with E-state index in [4.69, 9.17) is 9.83 Å². The zero-order valence-corrected chi connectivity index (χ0v) is 17.1. The third kappa shape index (κ3) is 3.67. The molecule has 7 nitrogen and oxygen atoms in total. The number of amides is 2. The number of furan rings is 1. The predicted molar refractivity (Wildman–Crippen MR) is 114 cm³/mol. The highest BCUT2D eigenvalue weighted by molar-refractivity contribution is 5.95. The molecule has 1 unspecified atom stereocenters. The van der Waals surface area contributed by atoms with Gasteiger partial charge in [0, 0.05) is 37.6 Å². The molecule has 1 aliphatic heterocycles. The average molecular weight is 406 g/mol. The molecular weight excluding hydrogens is 380 g/mol. The van der Waals surface area contributed by atoms with Gasteiger partial charge >= 0.3 is 0 Å². The van der Waals surface area contributed by atoms with E-state index in [2.05, 4.69) is 16.9 Å². The van der Waals surface area contributed by atoms with Gasteiger partial charge in [-0.2, -0.15) is 0 Å². The van der Waals surface area contributed by atoms with Crippen LogP contribution in [0, 0.1) is 23.7 Å². The van der Waals surface area contributed by atoms with Crippen molar-refractivity contribution in [3.05, 3.63) is 59.3 Å². The molecule has 2 aliphatic rings. The van der Waals surface area contributed by atoms with Crippen LogP contribution < -0.4 is 5.32 Å². The van der Waals surface area contributed by atoms with Crippen molar-refractivity contribution in [3.63, 3.8) is 0 Å². The molecule has 0 aromatic carbocycles. The minimum atomic E-state index is -0.270. The standard InChI is InChI=1S/C23H26N4O3/c1-3-16-10-19(30-20(16)12-24)21(28)26-13-17-11-23(17)5-8-27(9-6-23)22(29)18-14-25-7-4-15(18)2/h3-4,7,10,12,14,17,24H,1,5-6,8-9,11,13H2,2H3,(H,26,28). The van der Waals surface area contributed by atoms with Crippen LogP contribution in [0.15, 0.2) is 35.5 Å². The van der Waals surface area contributed by atoms with E-state index in [1.165, 1.54) is 0 Å². The van der Waals surface area contributed by atoms with E-state index >= 15 is 0 Å². The van der Waals surface area contributed by atoms with Crippen molar-refractivity contribution < 1.29 is 14.0 Å². The van der Waals surface area contributed by atoms with Crippen molar-refractivity contribution in [2.45, 2.75) is 26.2 Å². The van der Waals surface area contributed by atoms with Gasteiger partial charge in [0.2, 0.25) is 0 Å². The second-order valence-corrected chi connectivity index (χ2v) is 8.23. The summed E-state index contributed by atoms with van der Waals surface area (Å²) in [7, 11) is 0. The number of carbonyl (C=O) groups is 2. The molecule has 2 aromatic rings. The first-order valence-electron chi connectivity index (χ1n) is 10.2. The van der Waals surface area contributed by atoms with Crippen molar-refractivity contribution >= 4 is 24.1 Å². The maximum Gasteiger partial charge on any atom is 0.287 e. The molecule has 1 saturated heterocycles. The molecule has 1 spiro atoms. The lowest BCUT2D eigenvalue weighted by atomic mass is 9.90. The summed E-state index contributed by atoms with van der Waals surface area (Å²) in [6, 6.07) is 3.47. The summed E-state index contributed by atoms with van der Waals surface area (Å²) in [6.45, 7) is 7.67. The Labute approximate surface area is 175 Å². The highest BCUT2D eigenvalue weighted by Crippen LogP contribution is 2.59. The Morgan fingerprint density at radius 1 is 1.43 bits per heavy atom. The third-order valence-corrected chi connectivity index (χ3v) is 6.55. The number of nitrogens with zero attached hydrogens (tertiary/aromatic N) is 2. The maximum absolute atomic E-state index is 12.8. The van der Waals surface area contributed by atoms with Crippen LogP contribution in [0.4, 0.5) is 0 Å². The number of aryl methyl sites for hydroxylation is 1. The zero-order chi connectivity index (χ0) is 21.3. The fraction of sp³-hybridized carbons (Fsp3) is 0.391. The molecule has 30 heavy (non-hydrogen) atoms. The van der Waals surface area contributed by atoms with Crippen LogP contribution >= 0.6 is 0 Å². The molecule has 2 amide bonds. The number of rotatable bonds is 6. The molecule has 1 saturated carbocycles. The van der Waals surface area contributed by atoms with Gasteiger partial charge in [0.15, 0.2) is 11.5 Å². The van der Waals surface area contributed by atoms with Crippen LogP contribution in [-0.2, 0) is 0 Å². The van der Waals surface area contributed by atoms with Gasteiger partial charge in [0.25, 0.3) is 11.8 Å². The van der Waals surface area contributed by atoms with Crippen LogP contribution in [0.2, 0.25) is 0 Å². The smallest absolute Gasteiger partial charge is 0.287 e. The Kier molecular flexibility index (Phi) is 5.28. The fourth-order valence-corrected chi connectivity index (χ4v) is 4.45. The molecular formula is C23H26N4O3. The van der Waals surface area contributed by atoms with Gasteiger partial charge in [0.05, 0.1) is 11.8 Å². The predicted octanol–water partition coefficient (Wildman–Crippen LogP) is 3.30. The quantitative estimate of drug-likeness (QED) is 0.719. The summed E-state index contributed by atoms with van der Waals surface area (Å²) in [4.78, 5) is 31.2. The monoisotopic (exact) mass is 406 g/mol. The van der Waals surface area contributed by atoms with Crippen molar-refractivity contribution in [2.75, 3.05) is 19.6 Å². The lowest BCUT2D eigenvalue weighted by Crippen LogP contribution is -2.40. The lowest BCUT2D eigenvalue weighted by molar-refractivity contribution is 0.0667. The van der Waals surface area contributed by atoms with Gasteiger partial charge in [-0.15, -0.1) is 0 Å². The summed E-state index contributed by atoms with van der Waals surface area (Å²) >= 11 is 0. The highest BCUT2D eigenvalue weighted by Gasteiger charge is 2.54. The summed E-state index contributed by atoms with van der Waals surface area (Å²) in [5.41, 5.74) is 2.49. The lowest BCUT2D eigenvalue weighted by Gasteiger charge is -2.33. The second-order valence-electron chi connectivity index (χ2n) is 8.23. The highest BCUT2D eigenvalue weighted by atomic mass is 16.4. The van der Waals surface area contributed by atoms with E-state index in [0.29, 0.717) is 29.3 Å². The molecule has 156 valence electrons. The van der Waals surface area contributed by atoms with Crippen LogP contribution in [-0.4, -0.2) is 47.5 Å². The number of hydrogen-bond donors (Lipinski definition) is 2. The molecule has 7 heteroatoms. The molecule has 3 heterocycles. The van der Waals surface area contributed by atoms with Gasteiger partial charge in [-0.1, -0.05) is 12.7 Å². The van der Waals surface area contributed by atoms with Crippen LogP contribution in [0.25, 0.3) is 6.08 Å². The Hall–Kier alpha value is -3.22. The summed E-state index contributed by atoms with van der Waals surface area (Å²) in [6.07, 6.45) is 8.98. The molecule has 0 radical (unpaired) electrons. The number of carbonyl (C=O) groups excluding carboxylic acids is 2. The van der Waals surface area contributed by atoms with Crippen LogP contribution in [0.1, 0.15) is 57.1 Å². The molecule has 2 N–H and O–H groups in total. The number of hydrogen-bond acceptors (Lipinski definition) is 5. The van der Waals surface area contributed by atoms with E-state index in [1.54, 1.807) is 24.5 Å². The van der Waals surface area contributed by atoms with Crippen molar-refractivity contribution in [1.82, 2.24) is 15.2 Å². The number of nitrogens with one attached hydrogen (secondary N) is 2. The number of likely N-dealkylation sites (tertiary alicyclic amines) is 1. The topological polar surface area (TPSA) is 99.3 Å². The molecule has 0 bridgehead atoms. The van der Waals surface area contributed by atoms with Crippen LogP contribution in [0.5, 0.6) is 0 Å². The Bertz CT molecular complexity index is 976. The van der Waals surface area contributed by atoms with E-state index in [0.717, 1.165) is 44.1 Å². The average Bonchev–Trinajstić information content (AvgIpc) is 3.25. The van der Waals surface area contributed by atoms with E-state index in [1.807, 2.05) is 17.9 Å².